The van der Waals surface area contributed by atoms with Gasteiger partial charge in [-0.15, -0.1) is 0 Å². The summed E-state index contributed by atoms with van der Waals surface area (Å²) in [6.07, 6.45) is 0. The molecule has 0 bridgehead atoms. The van der Waals surface area contributed by atoms with E-state index in [1.807, 2.05) is 0 Å². The average Bonchev–Trinajstić information content (AvgIpc) is 2.99. The van der Waals surface area contributed by atoms with Crippen molar-refractivity contribution in [2.75, 3.05) is 13.7 Å². The SMILES string of the molecule is CCOC(=O)C(C)n1nc(C(=O)OC)cc1-c1ccc(Cl)cc1. The number of esters is 2. The molecule has 1 aromatic carbocycles. The fourth-order valence-corrected chi connectivity index (χ4v) is 2.22. The normalized spacial score (nSPS) is 11.8. The van der Waals surface area contributed by atoms with Gasteiger partial charge in [-0.2, -0.15) is 5.10 Å². The molecule has 7 heteroatoms. The fourth-order valence-electron chi connectivity index (χ4n) is 2.09. The highest BCUT2D eigenvalue weighted by molar-refractivity contribution is 6.30. The van der Waals surface area contributed by atoms with Crippen LogP contribution in [0.1, 0.15) is 30.4 Å². The molecule has 6 nitrogen and oxygen atoms in total. The van der Waals surface area contributed by atoms with Crippen molar-refractivity contribution in [3.63, 3.8) is 0 Å². The first-order valence-corrected chi connectivity index (χ1v) is 7.46. The highest BCUT2D eigenvalue weighted by Gasteiger charge is 2.24. The fraction of sp³-hybridized carbons (Fsp3) is 0.312. The summed E-state index contributed by atoms with van der Waals surface area (Å²) >= 11 is 5.90. The lowest BCUT2D eigenvalue weighted by molar-refractivity contribution is -0.146. The molecule has 0 saturated heterocycles. The van der Waals surface area contributed by atoms with Gasteiger partial charge in [-0.25, -0.2) is 14.3 Å². The molecule has 0 radical (unpaired) electrons. The van der Waals surface area contributed by atoms with E-state index in [-0.39, 0.29) is 12.3 Å². The van der Waals surface area contributed by atoms with E-state index in [2.05, 4.69) is 5.10 Å². The number of methoxy groups -OCH3 is 1. The second kappa shape index (κ2) is 7.28. The molecule has 0 saturated carbocycles. The van der Waals surface area contributed by atoms with E-state index in [1.165, 1.54) is 11.8 Å². The molecule has 0 aliphatic heterocycles. The van der Waals surface area contributed by atoms with Crippen LogP contribution >= 0.6 is 11.6 Å². The number of benzene rings is 1. The topological polar surface area (TPSA) is 70.4 Å². The minimum atomic E-state index is -0.681. The Morgan fingerprint density at radius 2 is 1.96 bits per heavy atom. The van der Waals surface area contributed by atoms with Crippen LogP contribution in [-0.4, -0.2) is 35.4 Å². The van der Waals surface area contributed by atoms with Gasteiger partial charge in [0.05, 0.1) is 19.4 Å². The third-order valence-electron chi connectivity index (χ3n) is 3.26. The number of hydrogen-bond donors (Lipinski definition) is 0. The van der Waals surface area contributed by atoms with E-state index >= 15 is 0 Å². The molecule has 1 heterocycles. The molecule has 1 aromatic heterocycles. The summed E-state index contributed by atoms with van der Waals surface area (Å²) in [5.41, 5.74) is 1.49. The van der Waals surface area contributed by atoms with Crippen molar-refractivity contribution in [3.05, 3.63) is 41.0 Å². The lowest BCUT2D eigenvalue weighted by atomic mass is 10.1. The van der Waals surface area contributed by atoms with Crippen LogP contribution in [0.4, 0.5) is 0 Å². The quantitative estimate of drug-likeness (QED) is 0.784. The summed E-state index contributed by atoms with van der Waals surface area (Å²) in [5.74, 6) is -1.00. The minimum Gasteiger partial charge on any atom is -0.464 e. The molecular weight excluding hydrogens is 320 g/mol. The highest BCUT2D eigenvalue weighted by atomic mass is 35.5. The van der Waals surface area contributed by atoms with E-state index in [0.717, 1.165) is 5.56 Å². The maximum absolute atomic E-state index is 12.0. The van der Waals surface area contributed by atoms with Crippen LogP contribution in [0.5, 0.6) is 0 Å². The largest absolute Gasteiger partial charge is 0.464 e. The smallest absolute Gasteiger partial charge is 0.358 e. The Hall–Kier alpha value is -2.34. The third kappa shape index (κ3) is 3.71. The predicted octanol–water partition coefficient (Wildman–Crippen LogP) is 3.11. The van der Waals surface area contributed by atoms with Crippen LogP contribution in [0.25, 0.3) is 11.3 Å². The molecule has 2 rings (SSSR count). The molecule has 1 atom stereocenters. The number of hydrogen-bond acceptors (Lipinski definition) is 5. The maximum Gasteiger partial charge on any atom is 0.358 e. The second-order valence-corrected chi connectivity index (χ2v) is 5.22. The number of aromatic nitrogens is 2. The zero-order chi connectivity index (χ0) is 17.0. The zero-order valence-corrected chi connectivity index (χ0v) is 13.8. The first-order valence-electron chi connectivity index (χ1n) is 7.08. The van der Waals surface area contributed by atoms with E-state index in [9.17, 15) is 9.59 Å². The van der Waals surface area contributed by atoms with Crippen molar-refractivity contribution in [2.45, 2.75) is 19.9 Å². The molecule has 23 heavy (non-hydrogen) atoms. The van der Waals surface area contributed by atoms with Crippen molar-refractivity contribution in [1.29, 1.82) is 0 Å². The summed E-state index contributed by atoms with van der Waals surface area (Å²) in [6.45, 7) is 3.66. The minimum absolute atomic E-state index is 0.119. The van der Waals surface area contributed by atoms with Crippen molar-refractivity contribution < 1.29 is 19.1 Å². The summed E-state index contributed by atoms with van der Waals surface area (Å²) in [5, 5.41) is 4.78. The molecule has 0 amide bonds. The lowest BCUT2D eigenvalue weighted by Gasteiger charge is -2.14. The Bertz CT molecular complexity index is 709. The first-order chi connectivity index (χ1) is 11.0. The average molecular weight is 337 g/mol. The van der Waals surface area contributed by atoms with E-state index < -0.39 is 18.0 Å². The van der Waals surface area contributed by atoms with Gasteiger partial charge in [0.25, 0.3) is 0 Å². The summed E-state index contributed by atoms with van der Waals surface area (Å²) in [7, 11) is 1.28. The van der Waals surface area contributed by atoms with Gasteiger partial charge in [-0.05, 0) is 37.6 Å². The number of nitrogens with zero attached hydrogens (tertiary/aromatic N) is 2. The Kier molecular flexibility index (Phi) is 5.39. The molecule has 0 aliphatic rings. The van der Waals surface area contributed by atoms with Crippen molar-refractivity contribution >= 4 is 23.5 Å². The van der Waals surface area contributed by atoms with Gasteiger partial charge in [-0.1, -0.05) is 23.7 Å². The Labute approximate surface area is 139 Å². The van der Waals surface area contributed by atoms with Crippen LogP contribution in [0.2, 0.25) is 5.02 Å². The van der Waals surface area contributed by atoms with Crippen molar-refractivity contribution in [1.82, 2.24) is 9.78 Å². The summed E-state index contributed by atoms with van der Waals surface area (Å²) < 4.78 is 11.2. The Morgan fingerprint density at radius 1 is 1.30 bits per heavy atom. The number of ether oxygens (including phenoxy) is 2. The predicted molar refractivity (Wildman–Crippen MR) is 85.4 cm³/mol. The monoisotopic (exact) mass is 336 g/mol. The molecule has 0 aliphatic carbocycles. The van der Waals surface area contributed by atoms with Gasteiger partial charge >= 0.3 is 11.9 Å². The molecular formula is C16H17ClN2O4. The van der Waals surface area contributed by atoms with Gasteiger partial charge in [0.2, 0.25) is 0 Å². The third-order valence-corrected chi connectivity index (χ3v) is 3.52. The van der Waals surface area contributed by atoms with Gasteiger partial charge in [0.15, 0.2) is 5.69 Å². The van der Waals surface area contributed by atoms with Gasteiger partial charge in [0, 0.05) is 5.02 Å². The number of halogens is 1. The van der Waals surface area contributed by atoms with Crippen molar-refractivity contribution in [3.8, 4) is 11.3 Å². The first kappa shape index (κ1) is 17.0. The summed E-state index contributed by atoms with van der Waals surface area (Å²) in [6, 6.07) is 7.91. The molecule has 1 unspecified atom stereocenters. The lowest BCUT2D eigenvalue weighted by Crippen LogP contribution is -2.21. The van der Waals surface area contributed by atoms with Crippen LogP contribution < -0.4 is 0 Å². The van der Waals surface area contributed by atoms with E-state index in [1.54, 1.807) is 44.2 Å². The molecule has 0 N–H and O–H groups in total. The molecule has 122 valence electrons. The van der Waals surface area contributed by atoms with Crippen LogP contribution in [0.3, 0.4) is 0 Å². The Morgan fingerprint density at radius 3 is 2.52 bits per heavy atom. The van der Waals surface area contributed by atoms with Gasteiger partial charge in [0.1, 0.15) is 6.04 Å². The maximum atomic E-state index is 12.0. The number of carbonyl (C=O) groups is 2. The Balaban J connectivity index is 2.50. The number of rotatable bonds is 5. The van der Waals surface area contributed by atoms with Crippen molar-refractivity contribution in [2.24, 2.45) is 0 Å². The van der Waals surface area contributed by atoms with E-state index in [0.29, 0.717) is 10.7 Å². The second-order valence-electron chi connectivity index (χ2n) is 4.79. The standard InChI is InChI=1S/C16H17ClN2O4/c1-4-23-15(20)10(2)19-14(9-13(18-19)16(21)22-3)11-5-7-12(17)8-6-11/h5-10H,4H2,1-3H3. The van der Waals surface area contributed by atoms with Crippen LogP contribution in [-0.2, 0) is 14.3 Å². The number of carbonyl (C=O) groups excluding carboxylic acids is 2. The van der Waals surface area contributed by atoms with Gasteiger partial charge < -0.3 is 9.47 Å². The molecule has 0 spiro atoms. The highest BCUT2D eigenvalue weighted by Crippen LogP contribution is 2.26. The molecule has 0 fully saturated rings. The van der Waals surface area contributed by atoms with Gasteiger partial charge in [-0.3, -0.25) is 0 Å². The van der Waals surface area contributed by atoms with Crippen LogP contribution in [0.15, 0.2) is 30.3 Å². The van der Waals surface area contributed by atoms with Crippen LogP contribution in [0, 0.1) is 0 Å². The summed E-state index contributed by atoms with van der Waals surface area (Å²) in [4.78, 5) is 23.8. The van der Waals surface area contributed by atoms with E-state index in [4.69, 9.17) is 21.1 Å². The zero-order valence-electron chi connectivity index (χ0n) is 13.1. The molecule has 2 aromatic rings.